The SMILES string of the molecule is Cc1cnc(C(C)(C)NCc2cnc(-c3ccccc3)o2)s1. The van der Waals surface area contributed by atoms with Crippen LogP contribution < -0.4 is 5.32 Å². The zero-order valence-electron chi connectivity index (χ0n) is 13.0. The Morgan fingerprint density at radius 3 is 2.59 bits per heavy atom. The number of aromatic nitrogens is 2. The molecule has 0 amide bonds. The van der Waals surface area contributed by atoms with Crippen molar-refractivity contribution in [2.75, 3.05) is 0 Å². The van der Waals surface area contributed by atoms with Crippen LogP contribution in [0.25, 0.3) is 11.5 Å². The summed E-state index contributed by atoms with van der Waals surface area (Å²) in [6.45, 7) is 6.94. The third-order valence-corrected chi connectivity index (χ3v) is 4.67. The average Bonchev–Trinajstić information content (AvgIpc) is 3.15. The lowest BCUT2D eigenvalue weighted by atomic mass is 10.1. The van der Waals surface area contributed by atoms with Gasteiger partial charge in [0.15, 0.2) is 0 Å². The third-order valence-electron chi connectivity index (χ3n) is 3.43. The van der Waals surface area contributed by atoms with Crippen molar-refractivity contribution in [1.29, 1.82) is 0 Å². The Bertz CT molecular complexity index is 746. The quantitative estimate of drug-likeness (QED) is 0.769. The fraction of sp³-hybridized carbons (Fsp3) is 0.294. The lowest BCUT2D eigenvalue weighted by molar-refractivity contribution is 0.371. The maximum Gasteiger partial charge on any atom is 0.226 e. The molecule has 1 N–H and O–H groups in total. The van der Waals surface area contributed by atoms with Crippen LogP contribution in [-0.2, 0) is 12.1 Å². The molecular weight excluding hydrogens is 294 g/mol. The molecule has 4 nitrogen and oxygen atoms in total. The Labute approximate surface area is 134 Å². The van der Waals surface area contributed by atoms with E-state index in [0.717, 1.165) is 16.3 Å². The zero-order valence-corrected chi connectivity index (χ0v) is 13.8. The molecule has 22 heavy (non-hydrogen) atoms. The Kier molecular flexibility index (Phi) is 4.09. The molecule has 5 heteroatoms. The number of hydrogen-bond acceptors (Lipinski definition) is 5. The highest BCUT2D eigenvalue weighted by molar-refractivity contribution is 7.11. The largest absolute Gasteiger partial charge is 0.440 e. The Balaban J connectivity index is 1.68. The van der Waals surface area contributed by atoms with Crippen LogP contribution >= 0.6 is 11.3 Å². The average molecular weight is 313 g/mol. The zero-order chi connectivity index (χ0) is 15.6. The Morgan fingerprint density at radius 2 is 1.91 bits per heavy atom. The van der Waals surface area contributed by atoms with Crippen LogP contribution in [-0.4, -0.2) is 9.97 Å². The lowest BCUT2D eigenvalue weighted by Gasteiger charge is -2.23. The molecule has 0 fully saturated rings. The van der Waals surface area contributed by atoms with Crippen LogP contribution in [0.4, 0.5) is 0 Å². The van der Waals surface area contributed by atoms with Crippen molar-refractivity contribution in [2.45, 2.75) is 32.9 Å². The summed E-state index contributed by atoms with van der Waals surface area (Å²) in [5.74, 6) is 1.47. The van der Waals surface area contributed by atoms with E-state index in [1.807, 2.05) is 36.5 Å². The van der Waals surface area contributed by atoms with Gasteiger partial charge in [0.05, 0.1) is 18.3 Å². The maximum atomic E-state index is 5.82. The van der Waals surface area contributed by atoms with Crippen molar-refractivity contribution in [3.8, 4) is 11.5 Å². The van der Waals surface area contributed by atoms with E-state index in [9.17, 15) is 0 Å². The van der Waals surface area contributed by atoms with Gasteiger partial charge in [-0.25, -0.2) is 9.97 Å². The van der Waals surface area contributed by atoms with E-state index >= 15 is 0 Å². The van der Waals surface area contributed by atoms with Crippen LogP contribution in [0.15, 0.2) is 47.1 Å². The van der Waals surface area contributed by atoms with Gasteiger partial charge in [-0.15, -0.1) is 11.3 Å². The van der Waals surface area contributed by atoms with E-state index in [4.69, 9.17) is 4.42 Å². The molecule has 3 rings (SSSR count). The van der Waals surface area contributed by atoms with Crippen LogP contribution in [0.3, 0.4) is 0 Å². The number of nitrogens with one attached hydrogen (secondary N) is 1. The minimum absolute atomic E-state index is 0.196. The molecule has 0 aliphatic carbocycles. The van der Waals surface area contributed by atoms with Gasteiger partial charge in [0, 0.05) is 16.6 Å². The molecule has 0 spiro atoms. The number of aryl methyl sites for hydroxylation is 1. The van der Waals surface area contributed by atoms with E-state index in [1.54, 1.807) is 17.5 Å². The molecule has 2 heterocycles. The highest BCUT2D eigenvalue weighted by atomic mass is 32.1. The Hall–Kier alpha value is -1.98. The summed E-state index contributed by atoms with van der Waals surface area (Å²) < 4.78 is 5.82. The first-order chi connectivity index (χ1) is 10.5. The summed E-state index contributed by atoms with van der Waals surface area (Å²) in [6, 6.07) is 9.92. The molecule has 0 saturated carbocycles. The van der Waals surface area contributed by atoms with E-state index < -0.39 is 0 Å². The van der Waals surface area contributed by atoms with Gasteiger partial charge >= 0.3 is 0 Å². The molecule has 0 radical (unpaired) electrons. The minimum atomic E-state index is -0.196. The summed E-state index contributed by atoms with van der Waals surface area (Å²) in [6.07, 6.45) is 3.68. The predicted octanol–water partition coefficient (Wildman–Crippen LogP) is 4.13. The van der Waals surface area contributed by atoms with E-state index in [1.165, 1.54) is 4.88 Å². The van der Waals surface area contributed by atoms with Gasteiger partial charge in [-0.2, -0.15) is 0 Å². The Morgan fingerprint density at radius 1 is 1.14 bits per heavy atom. The fourth-order valence-electron chi connectivity index (χ4n) is 2.13. The van der Waals surface area contributed by atoms with Crippen LogP contribution in [0.2, 0.25) is 0 Å². The first-order valence-electron chi connectivity index (χ1n) is 7.23. The highest BCUT2D eigenvalue weighted by Gasteiger charge is 2.23. The number of rotatable bonds is 5. The molecule has 0 aliphatic heterocycles. The van der Waals surface area contributed by atoms with E-state index in [0.29, 0.717) is 12.4 Å². The normalized spacial score (nSPS) is 11.8. The minimum Gasteiger partial charge on any atom is -0.440 e. The fourth-order valence-corrected chi connectivity index (χ4v) is 2.97. The molecule has 0 aliphatic rings. The number of oxazole rings is 1. The molecule has 0 saturated heterocycles. The summed E-state index contributed by atoms with van der Waals surface area (Å²) in [7, 11) is 0. The van der Waals surface area contributed by atoms with Gasteiger partial charge in [0.1, 0.15) is 10.8 Å². The summed E-state index contributed by atoms with van der Waals surface area (Å²) >= 11 is 1.71. The molecule has 1 aromatic carbocycles. The van der Waals surface area contributed by atoms with Crippen molar-refractivity contribution in [1.82, 2.24) is 15.3 Å². The van der Waals surface area contributed by atoms with Gasteiger partial charge in [-0.1, -0.05) is 18.2 Å². The summed E-state index contributed by atoms with van der Waals surface area (Å²) in [5, 5.41) is 4.56. The van der Waals surface area contributed by atoms with Crippen molar-refractivity contribution in [3.63, 3.8) is 0 Å². The molecule has 3 aromatic rings. The summed E-state index contributed by atoms with van der Waals surface area (Å²) in [4.78, 5) is 10.0. The van der Waals surface area contributed by atoms with Crippen molar-refractivity contribution in [3.05, 3.63) is 58.4 Å². The lowest BCUT2D eigenvalue weighted by Crippen LogP contribution is -2.35. The van der Waals surface area contributed by atoms with E-state index in [2.05, 4.69) is 36.1 Å². The predicted molar refractivity (Wildman–Crippen MR) is 88.7 cm³/mol. The monoisotopic (exact) mass is 313 g/mol. The number of benzene rings is 1. The molecule has 0 atom stereocenters. The van der Waals surface area contributed by atoms with Crippen LogP contribution in [0.5, 0.6) is 0 Å². The molecule has 0 unspecified atom stereocenters. The topological polar surface area (TPSA) is 51.0 Å². The smallest absolute Gasteiger partial charge is 0.226 e. The van der Waals surface area contributed by atoms with E-state index in [-0.39, 0.29) is 5.54 Å². The summed E-state index contributed by atoms with van der Waals surface area (Å²) in [5.41, 5.74) is 0.794. The molecule has 0 bridgehead atoms. The second-order valence-electron chi connectivity index (χ2n) is 5.75. The third kappa shape index (κ3) is 3.26. The number of nitrogens with zero attached hydrogens (tertiary/aromatic N) is 2. The van der Waals surface area contributed by atoms with Crippen molar-refractivity contribution < 1.29 is 4.42 Å². The van der Waals surface area contributed by atoms with Crippen LogP contribution in [0.1, 0.15) is 29.5 Å². The first-order valence-corrected chi connectivity index (χ1v) is 8.04. The van der Waals surface area contributed by atoms with Crippen LogP contribution in [0, 0.1) is 6.92 Å². The standard InChI is InChI=1S/C17H19N3OS/c1-12-9-19-16(22-12)17(2,3)20-11-14-10-18-15(21-14)13-7-5-4-6-8-13/h4-10,20H,11H2,1-3H3. The number of thiazole rings is 1. The molecular formula is C17H19N3OS. The maximum absolute atomic E-state index is 5.82. The molecule has 114 valence electrons. The van der Waals surface area contributed by atoms with Gasteiger partial charge in [0.25, 0.3) is 0 Å². The first kappa shape index (κ1) is 14.9. The van der Waals surface area contributed by atoms with Gasteiger partial charge < -0.3 is 4.42 Å². The van der Waals surface area contributed by atoms with Gasteiger partial charge in [-0.05, 0) is 32.9 Å². The second kappa shape index (κ2) is 6.02. The molecule has 2 aromatic heterocycles. The highest BCUT2D eigenvalue weighted by Crippen LogP contribution is 2.25. The number of hydrogen-bond donors (Lipinski definition) is 1. The van der Waals surface area contributed by atoms with Crippen molar-refractivity contribution in [2.24, 2.45) is 0 Å². The van der Waals surface area contributed by atoms with Gasteiger partial charge in [-0.3, -0.25) is 5.32 Å². The van der Waals surface area contributed by atoms with Crippen molar-refractivity contribution >= 4 is 11.3 Å². The second-order valence-corrected chi connectivity index (χ2v) is 6.99. The van der Waals surface area contributed by atoms with Gasteiger partial charge in [0.2, 0.25) is 5.89 Å².